The fourth-order valence-corrected chi connectivity index (χ4v) is 4.35. The van der Waals surface area contributed by atoms with Crippen LogP contribution in [0.5, 0.6) is 0 Å². The van der Waals surface area contributed by atoms with Gasteiger partial charge in [-0.15, -0.1) is 0 Å². The van der Waals surface area contributed by atoms with Crippen molar-refractivity contribution in [2.45, 2.75) is 65.0 Å². The highest BCUT2D eigenvalue weighted by Crippen LogP contribution is 2.49. The standard InChI is InChI=1S/C19H29N3O3/c1-18(2,3)25-17(24)21-12-8-15(19(14-21)9-4-5-10-19)13-22-16(23)7-6-11-20-22/h6-7,11,15H,4-5,8-10,12-14H2,1-3H3/t15-/m0/s1. The van der Waals surface area contributed by atoms with Gasteiger partial charge in [-0.3, -0.25) is 4.79 Å². The molecule has 1 aliphatic heterocycles. The highest BCUT2D eigenvalue weighted by atomic mass is 16.6. The first-order valence-corrected chi connectivity index (χ1v) is 9.29. The smallest absolute Gasteiger partial charge is 0.410 e. The van der Waals surface area contributed by atoms with Crippen molar-refractivity contribution in [1.82, 2.24) is 14.7 Å². The van der Waals surface area contributed by atoms with Crippen molar-refractivity contribution in [3.05, 3.63) is 28.7 Å². The van der Waals surface area contributed by atoms with E-state index in [0.717, 1.165) is 25.8 Å². The summed E-state index contributed by atoms with van der Waals surface area (Å²) in [5, 5.41) is 4.23. The largest absolute Gasteiger partial charge is 0.444 e. The van der Waals surface area contributed by atoms with E-state index in [9.17, 15) is 9.59 Å². The number of likely N-dealkylation sites (tertiary alicyclic amines) is 1. The van der Waals surface area contributed by atoms with E-state index < -0.39 is 5.60 Å². The second kappa shape index (κ2) is 6.81. The second-order valence-corrected chi connectivity index (χ2v) is 8.50. The molecule has 1 saturated carbocycles. The van der Waals surface area contributed by atoms with Crippen molar-refractivity contribution in [2.75, 3.05) is 13.1 Å². The average molecular weight is 347 g/mol. The zero-order valence-electron chi connectivity index (χ0n) is 15.5. The van der Waals surface area contributed by atoms with Crippen LogP contribution in [0.2, 0.25) is 0 Å². The molecule has 2 fully saturated rings. The molecule has 0 N–H and O–H groups in total. The highest BCUT2D eigenvalue weighted by Gasteiger charge is 2.47. The van der Waals surface area contributed by atoms with Crippen molar-refractivity contribution in [3.8, 4) is 0 Å². The molecule has 1 amide bonds. The molecule has 2 aliphatic rings. The molecule has 1 atom stereocenters. The van der Waals surface area contributed by atoms with Crippen LogP contribution in [0.1, 0.15) is 52.9 Å². The molecule has 2 heterocycles. The molecule has 1 aliphatic carbocycles. The second-order valence-electron chi connectivity index (χ2n) is 8.50. The molecule has 0 unspecified atom stereocenters. The summed E-state index contributed by atoms with van der Waals surface area (Å²) in [6.07, 6.45) is 6.94. The maximum absolute atomic E-state index is 12.5. The summed E-state index contributed by atoms with van der Waals surface area (Å²) in [5.74, 6) is 0.376. The number of hydrogen-bond acceptors (Lipinski definition) is 4. The van der Waals surface area contributed by atoms with Gasteiger partial charge in [0, 0.05) is 31.9 Å². The molecule has 0 bridgehead atoms. The molecule has 6 nitrogen and oxygen atoms in total. The summed E-state index contributed by atoms with van der Waals surface area (Å²) in [4.78, 5) is 26.4. The van der Waals surface area contributed by atoms with E-state index in [1.807, 2.05) is 25.7 Å². The fraction of sp³-hybridized carbons (Fsp3) is 0.737. The normalized spacial score (nSPS) is 23.0. The average Bonchev–Trinajstić information content (AvgIpc) is 2.99. The molecule has 0 radical (unpaired) electrons. The summed E-state index contributed by atoms with van der Waals surface area (Å²) < 4.78 is 7.15. The summed E-state index contributed by atoms with van der Waals surface area (Å²) >= 11 is 0. The van der Waals surface area contributed by atoms with E-state index in [1.165, 1.54) is 12.8 Å². The van der Waals surface area contributed by atoms with E-state index in [0.29, 0.717) is 19.0 Å². The molecular weight excluding hydrogens is 318 g/mol. The van der Waals surface area contributed by atoms with Crippen LogP contribution in [0.4, 0.5) is 4.79 Å². The fourth-order valence-electron chi connectivity index (χ4n) is 4.35. The molecule has 0 aromatic carbocycles. The summed E-state index contributed by atoms with van der Waals surface area (Å²) in [6.45, 7) is 7.75. The van der Waals surface area contributed by atoms with E-state index in [2.05, 4.69) is 5.10 Å². The Kier molecular flexibility index (Phi) is 4.89. The molecule has 138 valence electrons. The van der Waals surface area contributed by atoms with Crippen LogP contribution in [0.25, 0.3) is 0 Å². The van der Waals surface area contributed by atoms with Crippen molar-refractivity contribution in [1.29, 1.82) is 0 Å². The minimum atomic E-state index is -0.474. The summed E-state index contributed by atoms with van der Waals surface area (Å²) in [7, 11) is 0. The number of hydrogen-bond donors (Lipinski definition) is 0. The van der Waals surface area contributed by atoms with E-state index in [-0.39, 0.29) is 17.1 Å². The maximum Gasteiger partial charge on any atom is 0.410 e. The monoisotopic (exact) mass is 347 g/mol. The van der Waals surface area contributed by atoms with Crippen molar-refractivity contribution in [2.24, 2.45) is 11.3 Å². The van der Waals surface area contributed by atoms with Crippen LogP contribution in [-0.2, 0) is 11.3 Å². The number of amides is 1. The zero-order chi connectivity index (χ0) is 18.1. The number of aromatic nitrogens is 2. The summed E-state index contributed by atoms with van der Waals surface area (Å²) in [5.41, 5.74) is -0.435. The quantitative estimate of drug-likeness (QED) is 0.825. The van der Waals surface area contributed by atoms with E-state index in [4.69, 9.17) is 4.74 Å². The van der Waals surface area contributed by atoms with Crippen LogP contribution < -0.4 is 5.56 Å². The molecule has 1 spiro atoms. The Balaban J connectivity index is 1.75. The Labute approximate surface area is 149 Å². The Bertz CT molecular complexity index is 671. The lowest BCUT2D eigenvalue weighted by atomic mass is 9.69. The number of nitrogens with zero attached hydrogens (tertiary/aromatic N) is 3. The number of ether oxygens (including phenoxy) is 1. The lowest BCUT2D eigenvalue weighted by molar-refractivity contribution is -0.0163. The van der Waals surface area contributed by atoms with Gasteiger partial charge in [0.25, 0.3) is 5.56 Å². The molecule has 1 aromatic heterocycles. The Morgan fingerprint density at radius 1 is 1.36 bits per heavy atom. The zero-order valence-corrected chi connectivity index (χ0v) is 15.5. The number of rotatable bonds is 2. The third kappa shape index (κ3) is 4.05. The van der Waals surface area contributed by atoms with Crippen LogP contribution in [0, 0.1) is 11.3 Å². The van der Waals surface area contributed by atoms with Gasteiger partial charge in [-0.25, -0.2) is 9.48 Å². The molecule has 1 saturated heterocycles. The first-order chi connectivity index (χ1) is 11.8. The van der Waals surface area contributed by atoms with Gasteiger partial charge in [0.1, 0.15) is 5.60 Å². The first-order valence-electron chi connectivity index (χ1n) is 9.29. The van der Waals surface area contributed by atoms with Gasteiger partial charge in [-0.05, 0) is 57.4 Å². The maximum atomic E-state index is 12.5. The molecular formula is C19H29N3O3. The van der Waals surface area contributed by atoms with Crippen LogP contribution in [-0.4, -0.2) is 39.5 Å². The molecule has 3 rings (SSSR count). The van der Waals surface area contributed by atoms with Crippen LogP contribution in [0.15, 0.2) is 23.1 Å². The topological polar surface area (TPSA) is 64.4 Å². The molecule has 1 aromatic rings. The van der Waals surface area contributed by atoms with E-state index >= 15 is 0 Å². The van der Waals surface area contributed by atoms with Crippen LogP contribution in [0.3, 0.4) is 0 Å². The van der Waals surface area contributed by atoms with Crippen molar-refractivity contribution < 1.29 is 9.53 Å². The van der Waals surface area contributed by atoms with Gasteiger partial charge in [-0.2, -0.15) is 5.10 Å². The van der Waals surface area contributed by atoms with Crippen LogP contribution >= 0.6 is 0 Å². The molecule has 6 heteroatoms. The van der Waals surface area contributed by atoms with Gasteiger partial charge in [0.05, 0.1) is 0 Å². The predicted octanol–water partition coefficient (Wildman–Crippen LogP) is 3.06. The third-order valence-corrected chi connectivity index (χ3v) is 5.55. The minimum absolute atomic E-state index is 0.0507. The van der Waals surface area contributed by atoms with Gasteiger partial charge < -0.3 is 9.64 Å². The number of carbonyl (C=O) groups is 1. The SMILES string of the molecule is CC(C)(C)OC(=O)N1CC[C@@H](Cn2ncccc2=O)C2(CCCC2)C1. The number of carbonyl (C=O) groups excluding carboxylic acids is 1. The number of piperidine rings is 1. The Morgan fingerprint density at radius 3 is 2.72 bits per heavy atom. The van der Waals surface area contributed by atoms with Gasteiger partial charge >= 0.3 is 6.09 Å². The Hall–Kier alpha value is -1.85. The van der Waals surface area contributed by atoms with Gasteiger partial charge in [-0.1, -0.05) is 12.8 Å². The third-order valence-electron chi connectivity index (χ3n) is 5.55. The molecule has 25 heavy (non-hydrogen) atoms. The highest BCUT2D eigenvalue weighted by molar-refractivity contribution is 5.68. The van der Waals surface area contributed by atoms with E-state index in [1.54, 1.807) is 23.0 Å². The van der Waals surface area contributed by atoms with Crippen molar-refractivity contribution in [3.63, 3.8) is 0 Å². The lowest BCUT2D eigenvalue weighted by Crippen LogP contribution is -2.52. The summed E-state index contributed by atoms with van der Waals surface area (Å²) in [6, 6.07) is 3.24. The first kappa shape index (κ1) is 18.0. The minimum Gasteiger partial charge on any atom is -0.444 e. The van der Waals surface area contributed by atoms with Crippen molar-refractivity contribution >= 4 is 6.09 Å². The van der Waals surface area contributed by atoms with Gasteiger partial charge in [0.15, 0.2) is 0 Å². The predicted molar refractivity (Wildman–Crippen MR) is 95.3 cm³/mol. The van der Waals surface area contributed by atoms with Gasteiger partial charge in [0.2, 0.25) is 0 Å². The Morgan fingerprint density at radius 2 is 2.08 bits per heavy atom. The lowest BCUT2D eigenvalue weighted by Gasteiger charge is -2.46.